The van der Waals surface area contributed by atoms with E-state index in [2.05, 4.69) is 18.1 Å². The van der Waals surface area contributed by atoms with Crippen molar-refractivity contribution in [3.8, 4) is 6.07 Å². The van der Waals surface area contributed by atoms with Crippen molar-refractivity contribution in [2.45, 2.75) is 64.7 Å². The fourth-order valence-corrected chi connectivity index (χ4v) is 3.90. The second-order valence-electron chi connectivity index (χ2n) is 7.63. The van der Waals surface area contributed by atoms with Crippen LogP contribution in [0.25, 0.3) is 10.9 Å². The summed E-state index contributed by atoms with van der Waals surface area (Å²) in [6.07, 6.45) is 11.5. The number of nitrogens with zero attached hydrogens (tertiary/aromatic N) is 4. The quantitative estimate of drug-likeness (QED) is 0.473. The Morgan fingerprint density at radius 1 is 1.36 bits per heavy atom. The van der Waals surface area contributed by atoms with Gasteiger partial charge in [-0.2, -0.15) is 5.26 Å². The fraction of sp³-hybridized carbons (Fsp3) is 0.591. The molecule has 0 unspecified atom stereocenters. The molecule has 0 radical (unpaired) electrons. The zero-order valence-electron chi connectivity index (χ0n) is 16.8. The first-order valence-corrected chi connectivity index (χ1v) is 10.5. The van der Waals surface area contributed by atoms with Crippen molar-refractivity contribution in [1.29, 1.82) is 5.26 Å². The molecule has 0 N–H and O–H groups in total. The average Bonchev–Trinajstić information content (AvgIpc) is 3.13. The highest BCUT2D eigenvalue weighted by Gasteiger charge is 2.20. The van der Waals surface area contributed by atoms with Gasteiger partial charge in [-0.3, -0.25) is 9.69 Å². The predicted octanol–water partition coefficient (Wildman–Crippen LogP) is 4.48. The summed E-state index contributed by atoms with van der Waals surface area (Å²) in [4.78, 5) is 21.6. The summed E-state index contributed by atoms with van der Waals surface area (Å²) in [5.74, 6) is 0.681. The van der Waals surface area contributed by atoms with Gasteiger partial charge in [0.2, 0.25) is 5.91 Å². The molecule has 6 nitrogen and oxygen atoms in total. The summed E-state index contributed by atoms with van der Waals surface area (Å²) in [5.41, 5.74) is 1.61. The maximum absolute atomic E-state index is 12.8. The normalized spacial score (nSPS) is 14.7. The van der Waals surface area contributed by atoms with E-state index in [0.717, 1.165) is 35.9 Å². The van der Waals surface area contributed by atoms with Gasteiger partial charge < -0.3 is 4.84 Å². The number of nitriles is 1. The zero-order chi connectivity index (χ0) is 19.8. The van der Waals surface area contributed by atoms with Crippen LogP contribution in [-0.4, -0.2) is 29.0 Å². The first kappa shape index (κ1) is 20.2. The van der Waals surface area contributed by atoms with E-state index < -0.39 is 0 Å². The third-order valence-corrected chi connectivity index (χ3v) is 5.56. The molecule has 0 bridgehead atoms. The van der Waals surface area contributed by atoms with Crippen LogP contribution < -0.4 is 9.74 Å². The van der Waals surface area contributed by atoms with Crippen molar-refractivity contribution in [2.75, 3.05) is 18.1 Å². The minimum Gasteiger partial charge on any atom is -0.396 e. The lowest BCUT2D eigenvalue weighted by Crippen LogP contribution is -2.31. The van der Waals surface area contributed by atoms with Crippen molar-refractivity contribution in [1.82, 2.24) is 9.94 Å². The van der Waals surface area contributed by atoms with Gasteiger partial charge in [-0.05, 0) is 37.0 Å². The Kier molecular flexibility index (Phi) is 7.30. The molecule has 0 spiro atoms. The molecule has 0 aliphatic heterocycles. The van der Waals surface area contributed by atoms with Crippen LogP contribution >= 0.6 is 0 Å². The predicted molar refractivity (Wildman–Crippen MR) is 110 cm³/mol. The van der Waals surface area contributed by atoms with E-state index in [9.17, 15) is 10.1 Å². The Bertz CT molecular complexity index is 818. The van der Waals surface area contributed by atoms with E-state index >= 15 is 0 Å². The highest BCUT2D eigenvalue weighted by Crippen LogP contribution is 2.28. The molecule has 1 saturated carbocycles. The van der Waals surface area contributed by atoms with E-state index in [1.807, 2.05) is 18.2 Å². The van der Waals surface area contributed by atoms with Gasteiger partial charge in [-0.25, -0.2) is 0 Å². The van der Waals surface area contributed by atoms with Crippen LogP contribution in [0.4, 0.5) is 5.69 Å². The lowest BCUT2D eigenvalue weighted by molar-refractivity contribution is -0.118. The second-order valence-corrected chi connectivity index (χ2v) is 7.63. The average molecular weight is 383 g/mol. The third kappa shape index (κ3) is 5.03. The Hall–Kier alpha value is -2.55. The van der Waals surface area contributed by atoms with E-state index in [4.69, 9.17) is 4.84 Å². The SMILES string of the molecule is CCCCOn1ncc2cc(N(CC#N)C(=O)CCC3CCCCC3)ccc21. The molecule has 28 heavy (non-hydrogen) atoms. The molecule has 2 aromatic rings. The molecule has 1 aromatic carbocycles. The first-order valence-electron chi connectivity index (χ1n) is 10.5. The van der Waals surface area contributed by atoms with Crippen LogP contribution in [0.15, 0.2) is 24.4 Å². The number of anilines is 1. The first-order chi connectivity index (χ1) is 13.7. The van der Waals surface area contributed by atoms with Crippen LogP contribution in [0.1, 0.15) is 64.7 Å². The maximum Gasteiger partial charge on any atom is 0.227 e. The standard InChI is InChI=1S/C22H30N4O2/c1-2-3-15-28-26-21-11-10-20(16-19(21)17-24-26)25(14-13-23)22(27)12-9-18-7-5-4-6-8-18/h10-11,16-18H,2-9,12,14-15H2,1H3. The Balaban J connectivity index is 1.69. The summed E-state index contributed by atoms with van der Waals surface area (Å²) in [7, 11) is 0. The molecule has 1 aliphatic rings. The van der Waals surface area contributed by atoms with Crippen molar-refractivity contribution in [3.05, 3.63) is 24.4 Å². The van der Waals surface area contributed by atoms with Gasteiger partial charge in [-0.15, -0.1) is 5.10 Å². The zero-order valence-corrected chi connectivity index (χ0v) is 16.8. The highest BCUT2D eigenvalue weighted by atomic mass is 16.7. The molecule has 0 atom stereocenters. The number of rotatable bonds is 9. The Morgan fingerprint density at radius 2 is 2.18 bits per heavy atom. The van der Waals surface area contributed by atoms with Crippen molar-refractivity contribution in [2.24, 2.45) is 5.92 Å². The van der Waals surface area contributed by atoms with Gasteiger partial charge in [0.15, 0.2) is 0 Å². The van der Waals surface area contributed by atoms with E-state index in [0.29, 0.717) is 18.9 Å². The number of amides is 1. The molecule has 1 heterocycles. The molecule has 1 aromatic heterocycles. The minimum absolute atomic E-state index is 0.0260. The minimum atomic E-state index is 0.0260. The van der Waals surface area contributed by atoms with Gasteiger partial charge in [0.05, 0.1) is 12.3 Å². The summed E-state index contributed by atoms with van der Waals surface area (Å²) < 4.78 is 0. The molecular formula is C22H30N4O2. The third-order valence-electron chi connectivity index (χ3n) is 5.56. The van der Waals surface area contributed by atoms with Gasteiger partial charge in [0, 0.05) is 17.5 Å². The van der Waals surface area contributed by atoms with E-state index in [1.54, 1.807) is 11.1 Å². The molecule has 1 amide bonds. The van der Waals surface area contributed by atoms with E-state index in [1.165, 1.54) is 36.9 Å². The van der Waals surface area contributed by atoms with Crippen molar-refractivity contribution >= 4 is 22.5 Å². The number of hydrogen-bond donors (Lipinski definition) is 0. The monoisotopic (exact) mass is 382 g/mol. The Morgan fingerprint density at radius 3 is 2.93 bits per heavy atom. The number of benzene rings is 1. The lowest BCUT2D eigenvalue weighted by Gasteiger charge is -2.24. The number of hydrogen-bond acceptors (Lipinski definition) is 4. The molecular weight excluding hydrogens is 352 g/mol. The molecule has 0 saturated heterocycles. The fourth-order valence-electron chi connectivity index (χ4n) is 3.90. The van der Waals surface area contributed by atoms with Gasteiger partial charge in [-0.1, -0.05) is 50.3 Å². The topological polar surface area (TPSA) is 71.2 Å². The number of carbonyl (C=O) groups is 1. The summed E-state index contributed by atoms with van der Waals surface area (Å²) in [6.45, 7) is 2.80. The summed E-state index contributed by atoms with van der Waals surface area (Å²) in [6, 6.07) is 7.83. The van der Waals surface area contributed by atoms with Gasteiger partial charge >= 0.3 is 0 Å². The van der Waals surface area contributed by atoms with Gasteiger partial charge in [0.25, 0.3) is 0 Å². The summed E-state index contributed by atoms with van der Waals surface area (Å²) >= 11 is 0. The van der Waals surface area contributed by atoms with Crippen LogP contribution in [0.2, 0.25) is 0 Å². The lowest BCUT2D eigenvalue weighted by atomic mass is 9.86. The summed E-state index contributed by atoms with van der Waals surface area (Å²) in [5, 5.41) is 14.4. The van der Waals surface area contributed by atoms with Gasteiger partial charge in [0.1, 0.15) is 18.7 Å². The van der Waals surface area contributed by atoms with Crippen LogP contribution in [0.5, 0.6) is 0 Å². The van der Waals surface area contributed by atoms with Crippen LogP contribution in [0, 0.1) is 17.2 Å². The molecule has 6 heteroatoms. The van der Waals surface area contributed by atoms with Crippen molar-refractivity contribution < 1.29 is 9.63 Å². The number of fused-ring (bicyclic) bond motifs is 1. The van der Waals surface area contributed by atoms with E-state index in [-0.39, 0.29) is 12.5 Å². The second kappa shape index (κ2) is 10.1. The number of unbranched alkanes of at least 4 members (excludes halogenated alkanes) is 1. The smallest absolute Gasteiger partial charge is 0.227 e. The molecule has 1 fully saturated rings. The van der Waals surface area contributed by atoms with Crippen LogP contribution in [0.3, 0.4) is 0 Å². The molecule has 1 aliphatic carbocycles. The molecule has 3 rings (SSSR count). The largest absolute Gasteiger partial charge is 0.396 e. The Labute approximate surface area is 167 Å². The highest BCUT2D eigenvalue weighted by molar-refractivity contribution is 5.96. The maximum atomic E-state index is 12.8. The number of aromatic nitrogens is 2. The van der Waals surface area contributed by atoms with Crippen LogP contribution in [-0.2, 0) is 4.79 Å². The number of carbonyl (C=O) groups excluding carboxylic acids is 1. The molecule has 150 valence electrons. The van der Waals surface area contributed by atoms with Crippen molar-refractivity contribution in [3.63, 3.8) is 0 Å².